The van der Waals surface area contributed by atoms with Gasteiger partial charge in [-0.2, -0.15) is 0 Å². The summed E-state index contributed by atoms with van der Waals surface area (Å²) in [5.41, 5.74) is 5.85. The molecule has 2 heterocycles. The maximum absolute atomic E-state index is 10.5. The van der Waals surface area contributed by atoms with E-state index >= 15 is 0 Å². The molecule has 0 aliphatic carbocycles. The van der Waals surface area contributed by atoms with Crippen LogP contribution in [0.25, 0.3) is 0 Å². The summed E-state index contributed by atoms with van der Waals surface area (Å²) in [4.78, 5) is 0. The summed E-state index contributed by atoms with van der Waals surface area (Å²) >= 11 is 0. The molecule has 0 saturated carbocycles. The Morgan fingerprint density at radius 2 is 1.48 bits per heavy atom. The van der Waals surface area contributed by atoms with Crippen molar-refractivity contribution in [3.63, 3.8) is 0 Å². The van der Waals surface area contributed by atoms with Crippen LogP contribution in [0.4, 0.5) is 0 Å². The van der Waals surface area contributed by atoms with Crippen molar-refractivity contribution in [2.75, 3.05) is 19.8 Å². The molecule has 8 atom stereocenters. The quantitative estimate of drug-likeness (QED) is 0.270. The van der Waals surface area contributed by atoms with E-state index in [1.165, 1.54) is 19.3 Å². The Morgan fingerprint density at radius 3 is 2.11 bits per heavy atom. The SMILES string of the molecule is CCCCCCCCO[C@H]1O[C@H](CO)[C@@H](O[C@H]2O[C@H](CO)[C@@H](O)[C@@H]2N)[C@@H]1O. The Labute approximate surface area is 160 Å². The molecule has 9 nitrogen and oxygen atoms in total. The molecule has 0 bridgehead atoms. The number of nitrogens with two attached hydrogens (primary N) is 1. The van der Waals surface area contributed by atoms with Crippen LogP contribution in [-0.2, 0) is 18.9 Å². The van der Waals surface area contributed by atoms with Crippen molar-refractivity contribution in [3.05, 3.63) is 0 Å². The summed E-state index contributed by atoms with van der Waals surface area (Å²) in [6.07, 6.45) is 0.0425. The highest BCUT2D eigenvalue weighted by molar-refractivity contribution is 4.93. The summed E-state index contributed by atoms with van der Waals surface area (Å²) < 4.78 is 22.2. The molecular weight excluding hydrogens is 358 g/mol. The average molecular weight is 393 g/mol. The van der Waals surface area contributed by atoms with Crippen molar-refractivity contribution >= 4 is 0 Å². The number of rotatable bonds is 12. The smallest absolute Gasteiger partial charge is 0.186 e. The van der Waals surface area contributed by atoms with Gasteiger partial charge in [0, 0.05) is 6.61 Å². The Bertz CT molecular complexity index is 415. The van der Waals surface area contributed by atoms with Crippen molar-refractivity contribution in [2.24, 2.45) is 5.73 Å². The second-order valence-corrected chi connectivity index (χ2v) is 7.25. The monoisotopic (exact) mass is 393 g/mol. The maximum atomic E-state index is 10.5. The first-order valence-electron chi connectivity index (χ1n) is 9.94. The Balaban J connectivity index is 1.78. The lowest BCUT2D eigenvalue weighted by Crippen LogP contribution is -2.47. The van der Waals surface area contributed by atoms with Gasteiger partial charge >= 0.3 is 0 Å². The van der Waals surface area contributed by atoms with Gasteiger partial charge in [0.15, 0.2) is 12.6 Å². The van der Waals surface area contributed by atoms with Gasteiger partial charge in [-0.05, 0) is 6.42 Å². The van der Waals surface area contributed by atoms with E-state index in [1.807, 2.05) is 0 Å². The predicted molar refractivity (Wildman–Crippen MR) is 95.7 cm³/mol. The molecule has 2 aliphatic heterocycles. The number of aliphatic hydroxyl groups is 4. The molecule has 2 fully saturated rings. The summed E-state index contributed by atoms with van der Waals surface area (Å²) in [5.74, 6) is 0. The van der Waals surface area contributed by atoms with Crippen LogP contribution in [-0.4, -0.2) is 89.4 Å². The molecule has 0 radical (unpaired) electrons. The van der Waals surface area contributed by atoms with Gasteiger partial charge in [-0.1, -0.05) is 39.0 Å². The van der Waals surface area contributed by atoms with Gasteiger partial charge in [0.2, 0.25) is 0 Å². The fourth-order valence-electron chi connectivity index (χ4n) is 3.42. The lowest BCUT2D eigenvalue weighted by atomic mass is 10.1. The van der Waals surface area contributed by atoms with Gasteiger partial charge in [-0.15, -0.1) is 0 Å². The fourth-order valence-corrected chi connectivity index (χ4v) is 3.42. The third-order valence-electron chi connectivity index (χ3n) is 5.12. The largest absolute Gasteiger partial charge is 0.394 e. The Kier molecular flexibility index (Phi) is 9.85. The van der Waals surface area contributed by atoms with Crippen LogP contribution < -0.4 is 5.73 Å². The highest BCUT2D eigenvalue weighted by Gasteiger charge is 2.50. The molecule has 6 N–H and O–H groups in total. The minimum atomic E-state index is -1.12. The van der Waals surface area contributed by atoms with Crippen LogP contribution >= 0.6 is 0 Å². The number of hydrogen-bond donors (Lipinski definition) is 5. The van der Waals surface area contributed by atoms with Crippen molar-refractivity contribution in [1.29, 1.82) is 0 Å². The molecule has 2 aliphatic rings. The first-order valence-corrected chi connectivity index (χ1v) is 9.94. The minimum absolute atomic E-state index is 0.369. The normalized spacial score (nSPS) is 39.3. The van der Waals surface area contributed by atoms with Crippen molar-refractivity contribution in [3.8, 4) is 0 Å². The highest BCUT2D eigenvalue weighted by Crippen LogP contribution is 2.29. The molecule has 0 aromatic heterocycles. The molecular formula is C18H35NO8. The number of aliphatic hydroxyl groups excluding tert-OH is 4. The zero-order valence-electron chi connectivity index (χ0n) is 16.0. The second-order valence-electron chi connectivity index (χ2n) is 7.25. The summed E-state index contributed by atoms with van der Waals surface area (Å²) in [6.45, 7) is 1.86. The topological polar surface area (TPSA) is 144 Å². The summed E-state index contributed by atoms with van der Waals surface area (Å²) in [7, 11) is 0. The fraction of sp³-hybridized carbons (Fsp3) is 1.00. The molecule has 0 aromatic rings. The van der Waals surface area contributed by atoms with E-state index in [9.17, 15) is 20.4 Å². The molecule has 9 heteroatoms. The molecule has 160 valence electrons. The van der Waals surface area contributed by atoms with Crippen molar-refractivity contribution < 1.29 is 39.4 Å². The maximum Gasteiger partial charge on any atom is 0.186 e. The van der Waals surface area contributed by atoms with E-state index in [4.69, 9.17) is 24.7 Å². The van der Waals surface area contributed by atoms with Gasteiger partial charge in [0.1, 0.15) is 30.5 Å². The number of hydrogen-bond acceptors (Lipinski definition) is 9. The number of ether oxygens (including phenoxy) is 4. The molecule has 0 spiro atoms. The molecule has 27 heavy (non-hydrogen) atoms. The van der Waals surface area contributed by atoms with Crippen LogP contribution in [0.1, 0.15) is 45.4 Å². The third-order valence-corrected chi connectivity index (χ3v) is 5.12. The first-order chi connectivity index (χ1) is 13.0. The molecule has 0 amide bonds. The zero-order chi connectivity index (χ0) is 19.8. The van der Waals surface area contributed by atoms with E-state index < -0.39 is 55.7 Å². The molecule has 2 saturated heterocycles. The third kappa shape index (κ3) is 6.06. The van der Waals surface area contributed by atoms with Crippen LogP contribution in [0, 0.1) is 0 Å². The van der Waals surface area contributed by atoms with E-state index in [-0.39, 0.29) is 6.61 Å². The lowest BCUT2D eigenvalue weighted by molar-refractivity contribution is -0.197. The average Bonchev–Trinajstić information content (AvgIpc) is 3.12. The predicted octanol–water partition coefficient (Wildman–Crippen LogP) is -0.768. The Hall–Kier alpha value is -0.360. The molecule has 2 rings (SSSR count). The van der Waals surface area contributed by atoms with E-state index in [0.717, 1.165) is 19.3 Å². The van der Waals surface area contributed by atoms with E-state index in [0.29, 0.717) is 6.61 Å². The van der Waals surface area contributed by atoms with E-state index in [2.05, 4.69) is 6.92 Å². The van der Waals surface area contributed by atoms with Crippen LogP contribution in [0.5, 0.6) is 0 Å². The van der Waals surface area contributed by atoms with Crippen molar-refractivity contribution in [1.82, 2.24) is 0 Å². The van der Waals surface area contributed by atoms with Crippen molar-refractivity contribution in [2.45, 2.75) is 94.6 Å². The van der Waals surface area contributed by atoms with Gasteiger partial charge < -0.3 is 45.1 Å². The molecule has 0 aromatic carbocycles. The zero-order valence-corrected chi connectivity index (χ0v) is 16.0. The first kappa shape index (κ1) is 22.9. The van der Waals surface area contributed by atoms with Gasteiger partial charge in [0.25, 0.3) is 0 Å². The molecule has 0 unspecified atom stereocenters. The minimum Gasteiger partial charge on any atom is -0.394 e. The lowest BCUT2D eigenvalue weighted by Gasteiger charge is -2.25. The second kappa shape index (κ2) is 11.6. The van der Waals surface area contributed by atoms with Gasteiger partial charge in [-0.3, -0.25) is 0 Å². The summed E-state index contributed by atoms with van der Waals surface area (Å²) in [6, 6.07) is -0.878. The van der Waals surface area contributed by atoms with Crippen LogP contribution in [0.2, 0.25) is 0 Å². The van der Waals surface area contributed by atoms with Crippen LogP contribution in [0.3, 0.4) is 0 Å². The van der Waals surface area contributed by atoms with Gasteiger partial charge in [-0.25, -0.2) is 0 Å². The van der Waals surface area contributed by atoms with Gasteiger partial charge in [0.05, 0.1) is 19.3 Å². The summed E-state index contributed by atoms with van der Waals surface area (Å²) in [5, 5.41) is 39.1. The standard InChI is InChI=1S/C18H35NO8/c1-2-3-4-5-6-7-8-24-18-15(23)16(12(10-21)26-18)27-17-13(19)14(22)11(9-20)25-17/h11-18,20-23H,2-10,19H2,1H3/t11-,12-,13+,14-,15+,16-,17-,18+/m1/s1. The van der Waals surface area contributed by atoms with E-state index in [1.54, 1.807) is 0 Å². The van der Waals surface area contributed by atoms with Crippen LogP contribution in [0.15, 0.2) is 0 Å². The highest BCUT2D eigenvalue weighted by atomic mass is 16.7. The number of unbranched alkanes of at least 4 members (excludes halogenated alkanes) is 5. The Morgan fingerprint density at radius 1 is 0.852 bits per heavy atom.